The van der Waals surface area contributed by atoms with Gasteiger partial charge in [0.25, 0.3) is 5.56 Å². The van der Waals surface area contributed by atoms with Crippen LogP contribution in [0, 0.1) is 30.2 Å². The Bertz CT molecular complexity index is 1830. The highest BCUT2D eigenvalue weighted by Crippen LogP contribution is 2.31. The van der Waals surface area contributed by atoms with Gasteiger partial charge in [-0.3, -0.25) is 9.36 Å². The summed E-state index contributed by atoms with van der Waals surface area (Å²) in [7, 11) is 0. The van der Waals surface area contributed by atoms with Crippen LogP contribution in [0.1, 0.15) is 48.0 Å². The number of ether oxygens (including phenoxy) is 1. The zero-order chi connectivity index (χ0) is 28.0. The van der Waals surface area contributed by atoms with Crippen molar-refractivity contribution in [1.82, 2.24) is 9.13 Å². The highest BCUT2D eigenvalue weighted by atomic mass is 127. The van der Waals surface area contributed by atoms with Gasteiger partial charge in [0.05, 0.1) is 28.5 Å². The molecule has 6 nitrogen and oxygen atoms in total. The fourth-order valence-electron chi connectivity index (χ4n) is 4.95. The average Bonchev–Trinajstić information content (AvgIpc) is 3.35. The van der Waals surface area contributed by atoms with Crippen molar-refractivity contribution in [1.29, 1.82) is 0 Å². The summed E-state index contributed by atoms with van der Waals surface area (Å²) in [5.41, 5.74) is 6.35. The topological polar surface area (TPSA) is 65.6 Å². The molecule has 0 fully saturated rings. The molecule has 4 aromatic rings. The van der Waals surface area contributed by atoms with Crippen LogP contribution in [0.15, 0.2) is 69.6 Å². The molecule has 200 valence electrons. The van der Waals surface area contributed by atoms with Crippen LogP contribution >= 0.6 is 33.9 Å². The first-order chi connectivity index (χ1) is 18.6. The molecule has 1 aliphatic rings. The van der Waals surface area contributed by atoms with Crippen LogP contribution in [0.3, 0.4) is 0 Å². The molecule has 2 aromatic heterocycles. The van der Waals surface area contributed by atoms with Gasteiger partial charge in [-0.2, -0.15) is 0 Å². The predicted octanol–water partition coefficient (Wildman–Crippen LogP) is 5.26. The van der Waals surface area contributed by atoms with Crippen molar-refractivity contribution >= 4 is 46.0 Å². The number of benzene rings is 2. The monoisotopic (exact) mass is 655 g/mol. The summed E-state index contributed by atoms with van der Waals surface area (Å²) < 4.78 is 24.5. The molecule has 0 bridgehead atoms. The minimum atomic E-state index is -0.773. The number of nitrogens with zero attached hydrogens (tertiary/aromatic N) is 3. The number of aromatic nitrogens is 2. The molecule has 1 atom stereocenters. The highest BCUT2D eigenvalue weighted by molar-refractivity contribution is 14.1. The van der Waals surface area contributed by atoms with E-state index < -0.39 is 17.8 Å². The fourth-order valence-corrected chi connectivity index (χ4v) is 6.48. The minimum Gasteiger partial charge on any atom is -0.463 e. The molecule has 0 unspecified atom stereocenters. The number of allylic oxidation sites excluding steroid dienone is 1. The molecule has 3 heterocycles. The molecule has 1 aliphatic heterocycles. The predicted molar refractivity (Wildman–Crippen MR) is 159 cm³/mol. The Kier molecular flexibility index (Phi) is 7.47. The number of hydrogen-bond acceptors (Lipinski definition) is 5. The summed E-state index contributed by atoms with van der Waals surface area (Å²) in [5.74, 6) is -0.943. The van der Waals surface area contributed by atoms with Gasteiger partial charge in [0.15, 0.2) is 4.80 Å². The first kappa shape index (κ1) is 27.3. The van der Waals surface area contributed by atoms with E-state index >= 15 is 0 Å². The SMILES string of the molecule is CCOC(=O)C1=C(C)N=c2s/c(=C\c3cc(C)n(-c4ccc(C)c(I)c4)c3C)c(=O)n2[C@H]1c1ccc(F)cc1. The van der Waals surface area contributed by atoms with E-state index in [0.29, 0.717) is 20.6 Å². The van der Waals surface area contributed by atoms with Crippen LogP contribution < -0.4 is 14.9 Å². The minimum absolute atomic E-state index is 0.186. The van der Waals surface area contributed by atoms with Crippen molar-refractivity contribution < 1.29 is 13.9 Å². The Morgan fingerprint density at radius 1 is 1.13 bits per heavy atom. The number of fused-ring (bicyclic) bond motifs is 1. The molecule has 9 heteroatoms. The van der Waals surface area contributed by atoms with Gasteiger partial charge in [0.1, 0.15) is 5.82 Å². The van der Waals surface area contributed by atoms with Crippen LogP contribution in [0.25, 0.3) is 11.8 Å². The first-order valence-corrected chi connectivity index (χ1v) is 14.4. The largest absolute Gasteiger partial charge is 0.463 e. The Morgan fingerprint density at radius 2 is 1.85 bits per heavy atom. The molecule has 39 heavy (non-hydrogen) atoms. The van der Waals surface area contributed by atoms with E-state index in [1.165, 1.54) is 37.2 Å². The summed E-state index contributed by atoms with van der Waals surface area (Å²) in [6.45, 7) is 9.81. The lowest BCUT2D eigenvalue weighted by atomic mass is 9.96. The van der Waals surface area contributed by atoms with Crippen molar-refractivity contribution in [2.75, 3.05) is 6.61 Å². The Labute approximate surface area is 242 Å². The number of aryl methyl sites for hydroxylation is 2. The molecule has 0 amide bonds. The summed E-state index contributed by atoms with van der Waals surface area (Å²) in [6.07, 6.45) is 1.88. The number of rotatable bonds is 5. The average molecular weight is 656 g/mol. The summed E-state index contributed by atoms with van der Waals surface area (Å²) in [6, 6.07) is 13.5. The molecule has 0 saturated carbocycles. The maximum absolute atomic E-state index is 13.9. The first-order valence-electron chi connectivity index (χ1n) is 12.5. The van der Waals surface area contributed by atoms with Gasteiger partial charge in [-0.1, -0.05) is 29.5 Å². The Hall–Kier alpha value is -3.31. The van der Waals surface area contributed by atoms with E-state index in [-0.39, 0.29) is 17.7 Å². The van der Waals surface area contributed by atoms with Gasteiger partial charge in [0, 0.05) is 20.6 Å². The summed E-state index contributed by atoms with van der Waals surface area (Å²) >= 11 is 3.61. The van der Waals surface area contributed by atoms with Crippen LogP contribution in [-0.2, 0) is 9.53 Å². The number of esters is 1. The van der Waals surface area contributed by atoms with Crippen molar-refractivity contribution in [3.05, 3.63) is 117 Å². The summed E-state index contributed by atoms with van der Waals surface area (Å²) in [4.78, 5) is 32.0. The maximum atomic E-state index is 13.9. The molecule has 0 spiro atoms. The standard InChI is InChI=1S/C30H27FIN3O3S/c1-6-38-29(37)26-18(4)33-30-35(27(26)20-8-10-22(31)11-9-20)28(36)25(39-30)14-21-13-17(3)34(19(21)5)23-12-7-16(2)24(32)15-23/h7-15,27H,6H2,1-5H3/b25-14-/t27-/m0/s1. The molecular weight excluding hydrogens is 628 g/mol. The lowest BCUT2D eigenvalue weighted by Gasteiger charge is -2.24. The van der Waals surface area contributed by atoms with Crippen LogP contribution in [-0.4, -0.2) is 21.7 Å². The second kappa shape index (κ2) is 10.7. The van der Waals surface area contributed by atoms with E-state index in [9.17, 15) is 14.0 Å². The van der Waals surface area contributed by atoms with Gasteiger partial charge in [-0.05, 0) is 110 Å². The van der Waals surface area contributed by atoms with Crippen molar-refractivity contribution in [3.63, 3.8) is 0 Å². The lowest BCUT2D eigenvalue weighted by molar-refractivity contribution is -0.139. The molecular formula is C30H27FIN3O3S. The molecule has 2 aromatic carbocycles. The third-order valence-corrected chi connectivity index (χ3v) is 9.02. The van der Waals surface area contributed by atoms with Crippen LogP contribution in [0.5, 0.6) is 0 Å². The van der Waals surface area contributed by atoms with Gasteiger partial charge in [-0.25, -0.2) is 14.2 Å². The number of hydrogen-bond donors (Lipinski definition) is 0. The quantitative estimate of drug-likeness (QED) is 0.218. The molecule has 5 rings (SSSR count). The van der Waals surface area contributed by atoms with E-state index in [1.807, 2.05) is 19.9 Å². The van der Waals surface area contributed by atoms with Crippen molar-refractivity contribution in [3.8, 4) is 5.69 Å². The molecule has 0 N–H and O–H groups in total. The van der Waals surface area contributed by atoms with Crippen molar-refractivity contribution in [2.45, 2.75) is 40.7 Å². The van der Waals surface area contributed by atoms with E-state index in [4.69, 9.17) is 4.74 Å². The zero-order valence-electron chi connectivity index (χ0n) is 22.2. The van der Waals surface area contributed by atoms with Gasteiger partial charge < -0.3 is 9.30 Å². The molecule has 0 aliphatic carbocycles. The molecule has 0 saturated heterocycles. The third kappa shape index (κ3) is 4.93. The van der Waals surface area contributed by atoms with Gasteiger partial charge in [-0.15, -0.1) is 0 Å². The lowest BCUT2D eigenvalue weighted by Crippen LogP contribution is -2.39. The Balaban J connectivity index is 1.68. The van der Waals surface area contributed by atoms with Crippen LogP contribution in [0.4, 0.5) is 4.39 Å². The fraction of sp³-hybridized carbons (Fsp3) is 0.233. The molecule has 0 radical (unpaired) electrons. The second-order valence-electron chi connectivity index (χ2n) is 9.45. The van der Waals surface area contributed by atoms with Gasteiger partial charge in [0.2, 0.25) is 0 Å². The number of thiazole rings is 1. The number of halogens is 2. The number of carbonyl (C=O) groups excluding carboxylic acids is 1. The van der Waals surface area contributed by atoms with Crippen molar-refractivity contribution in [2.24, 2.45) is 4.99 Å². The second-order valence-corrected chi connectivity index (χ2v) is 11.6. The zero-order valence-corrected chi connectivity index (χ0v) is 25.2. The van der Waals surface area contributed by atoms with Crippen LogP contribution in [0.2, 0.25) is 0 Å². The van der Waals surface area contributed by atoms with E-state index in [0.717, 1.165) is 22.6 Å². The third-order valence-electron chi connectivity index (χ3n) is 6.87. The Morgan fingerprint density at radius 3 is 2.51 bits per heavy atom. The van der Waals surface area contributed by atoms with E-state index in [1.54, 1.807) is 26.0 Å². The van der Waals surface area contributed by atoms with Gasteiger partial charge >= 0.3 is 5.97 Å². The number of carbonyl (C=O) groups is 1. The summed E-state index contributed by atoms with van der Waals surface area (Å²) in [5, 5.41) is 0. The highest BCUT2D eigenvalue weighted by Gasteiger charge is 2.33. The maximum Gasteiger partial charge on any atom is 0.338 e. The normalized spacial score (nSPS) is 15.4. The smallest absolute Gasteiger partial charge is 0.338 e. The van der Waals surface area contributed by atoms with E-state index in [2.05, 4.69) is 63.3 Å².